The van der Waals surface area contributed by atoms with Crippen LogP contribution in [0.1, 0.15) is 51.4 Å². The first-order valence-electron chi connectivity index (χ1n) is 7.24. The van der Waals surface area contributed by atoms with Crippen LogP contribution in [0.5, 0.6) is 0 Å². The molecule has 94 valence electrons. The molecule has 2 heteroatoms. The molecule has 4 atom stereocenters. The molecular weight excluding hydrogens is 212 g/mol. The molecule has 0 bridgehead atoms. The standard InChI is InChI=1S/C15H22O2/c1-4-8-16-13(5-1)17-12-9-14-6-2-3-7-15(14,10-12)11-14/h2-3,12-13H,1,4-11H2/t12?,13-,14-,15+/m1/s1. The summed E-state index contributed by atoms with van der Waals surface area (Å²) in [6, 6.07) is 0. The van der Waals surface area contributed by atoms with Gasteiger partial charge in [-0.2, -0.15) is 0 Å². The fraction of sp³-hybridized carbons (Fsp3) is 0.867. The summed E-state index contributed by atoms with van der Waals surface area (Å²) < 4.78 is 11.9. The lowest BCUT2D eigenvalue weighted by molar-refractivity contribution is -0.189. The van der Waals surface area contributed by atoms with E-state index in [-0.39, 0.29) is 6.29 Å². The van der Waals surface area contributed by atoms with Crippen LogP contribution in [-0.2, 0) is 9.47 Å². The Labute approximate surface area is 103 Å². The number of hydrogen-bond donors (Lipinski definition) is 0. The van der Waals surface area contributed by atoms with E-state index in [0.29, 0.717) is 16.9 Å². The van der Waals surface area contributed by atoms with Crippen LogP contribution in [0.2, 0.25) is 0 Å². The Kier molecular flexibility index (Phi) is 2.23. The van der Waals surface area contributed by atoms with Crippen molar-refractivity contribution in [1.29, 1.82) is 0 Å². The fourth-order valence-corrected chi connectivity index (χ4v) is 4.62. The number of ether oxygens (including phenoxy) is 2. The Morgan fingerprint density at radius 2 is 1.82 bits per heavy atom. The van der Waals surface area contributed by atoms with E-state index in [1.165, 1.54) is 44.9 Å². The summed E-state index contributed by atoms with van der Waals surface area (Å²) in [7, 11) is 0. The zero-order valence-electron chi connectivity index (χ0n) is 10.5. The van der Waals surface area contributed by atoms with Gasteiger partial charge in [0.25, 0.3) is 0 Å². The van der Waals surface area contributed by atoms with E-state index in [1.54, 1.807) is 0 Å². The highest BCUT2D eigenvalue weighted by Crippen LogP contribution is 2.78. The maximum Gasteiger partial charge on any atom is 0.157 e. The third kappa shape index (κ3) is 1.53. The summed E-state index contributed by atoms with van der Waals surface area (Å²) in [4.78, 5) is 0. The Hall–Kier alpha value is -0.340. The number of hydrogen-bond acceptors (Lipinski definition) is 2. The lowest BCUT2D eigenvalue weighted by atomic mass is 9.86. The first-order chi connectivity index (χ1) is 8.32. The molecule has 3 fully saturated rings. The van der Waals surface area contributed by atoms with Gasteiger partial charge in [0.15, 0.2) is 6.29 Å². The summed E-state index contributed by atoms with van der Waals surface area (Å²) >= 11 is 0. The predicted octanol–water partition coefficient (Wildman–Crippen LogP) is 3.42. The quantitative estimate of drug-likeness (QED) is 0.682. The van der Waals surface area contributed by atoms with E-state index in [9.17, 15) is 0 Å². The first kappa shape index (κ1) is 10.6. The molecule has 1 unspecified atom stereocenters. The van der Waals surface area contributed by atoms with Crippen LogP contribution < -0.4 is 0 Å². The van der Waals surface area contributed by atoms with E-state index >= 15 is 0 Å². The van der Waals surface area contributed by atoms with Crippen molar-refractivity contribution in [2.24, 2.45) is 10.8 Å². The Morgan fingerprint density at radius 1 is 1.06 bits per heavy atom. The van der Waals surface area contributed by atoms with Crippen molar-refractivity contribution in [3.8, 4) is 0 Å². The van der Waals surface area contributed by atoms with Gasteiger partial charge in [0.05, 0.1) is 6.10 Å². The monoisotopic (exact) mass is 234 g/mol. The van der Waals surface area contributed by atoms with Gasteiger partial charge in [0.2, 0.25) is 0 Å². The minimum absolute atomic E-state index is 0.106. The van der Waals surface area contributed by atoms with Crippen LogP contribution in [0, 0.1) is 10.8 Å². The topological polar surface area (TPSA) is 18.5 Å². The summed E-state index contributed by atoms with van der Waals surface area (Å²) in [6.45, 7) is 0.898. The maximum atomic E-state index is 6.18. The zero-order chi connectivity index (χ0) is 11.3. The van der Waals surface area contributed by atoms with Crippen LogP contribution in [0.25, 0.3) is 0 Å². The van der Waals surface area contributed by atoms with Gasteiger partial charge >= 0.3 is 0 Å². The highest BCUT2D eigenvalue weighted by molar-refractivity contribution is 5.26. The molecule has 17 heavy (non-hydrogen) atoms. The van der Waals surface area contributed by atoms with Crippen LogP contribution in [-0.4, -0.2) is 19.0 Å². The summed E-state index contributed by atoms with van der Waals surface area (Å²) in [5.41, 5.74) is 1.28. The summed E-state index contributed by atoms with van der Waals surface area (Å²) in [5, 5.41) is 0. The SMILES string of the molecule is C1=CC[C@]23CC(O[C@@H]4CCCCO4)C[C@@]2(C1)C3. The average Bonchev–Trinajstić information content (AvgIpc) is 2.87. The molecule has 0 aromatic heterocycles. The molecule has 0 aromatic carbocycles. The van der Waals surface area contributed by atoms with Crippen molar-refractivity contribution in [3.05, 3.63) is 12.2 Å². The number of rotatable bonds is 2. The second kappa shape index (κ2) is 3.58. The minimum atomic E-state index is 0.106. The Morgan fingerprint density at radius 3 is 2.47 bits per heavy atom. The molecule has 4 aliphatic rings. The molecule has 0 spiro atoms. The average molecular weight is 234 g/mol. The molecule has 0 N–H and O–H groups in total. The molecule has 1 aliphatic heterocycles. The van der Waals surface area contributed by atoms with Crippen molar-refractivity contribution in [2.75, 3.05) is 6.61 Å². The number of allylic oxidation sites excluding steroid dienone is 2. The van der Waals surface area contributed by atoms with Gasteiger partial charge in [-0.1, -0.05) is 12.2 Å². The molecule has 0 aromatic rings. The zero-order valence-corrected chi connectivity index (χ0v) is 10.5. The molecule has 2 saturated carbocycles. The van der Waals surface area contributed by atoms with Gasteiger partial charge in [-0.3, -0.25) is 0 Å². The molecule has 3 aliphatic carbocycles. The predicted molar refractivity (Wildman–Crippen MR) is 65.6 cm³/mol. The van der Waals surface area contributed by atoms with Crippen LogP contribution >= 0.6 is 0 Å². The Bertz CT molecular complexity index is 323. The van der Waals surface area contributed by atoms with E-state index in [1.807, 2.05) is 0 Å². The van der Waals surface area contributed by atoms with Crippen LogP contribution in [0.3, 0.4) is 0 Å². The maximum absolute atomic E-state index is 6.18. The van der Waals surface area contributed by atoms with Gasteiger partial charge in [-0.15, -0.1) is 0 Å². The molecule has 1 saturated heterocycles. The summed E-state index contributed by atoms with van der Waals surface area (Å²) in [6.07, 6.45) is 15.6. The third-order valence-corrected chi connectivity index (χ3v) is 5.58. The van der Waals surface area contributed by atoms with Gasteiger partial charge < -0.3 is 9.47 Å². The van der Waals surface area contributed by atoms with E-state index in [2.05, 4.69) is 12.2 Å². The van der Waals surface area contributed by atoms with Gasteiger partial charge in [0, 0.05) is 6.61 Å². The molecule has 0 amide bonds. The van der Waals surface area contributed by atoms with E-state index in [4.69, 9.17) is 9.47 Å². The molecular formula is C15H22O2. The second-order valence-electron chi connectivity index (χ2n) is 6.58. The fourth-order valence-electron chi connectivity index (χ4n) is 4.62. The first-order valence-corrected chi connectivity index (χ1v) is 7.24. The van der Waals surface area contributed by atoms with Crippen molar-refractivity contribution < 1.29 is 9.47 Å². The largest absolute Gasteiger partial charge is 0.353 e. The lowest BCUT2D eigenvalue weighted by Crippen LogP contribution is -2.27. The van der Waals surface area contributed by atoms with Crippen molar-refractivity contribution in [2.45, 2.75) is 63.8 Å². The van der Waals surface area contributed by atoms with Crippen LogP contribution in [0.4, 0.5) is 0 Å². The van der Waals surface area contributed by atoms with E-state index < -0.39 is 0 Å². The Balaban J connectivity index is 1.39. The van der Waals surface area contributed by atoms with Crippen molar-refractivity contribution >= 4 is 0 Å². The van der Waals surface area contributed by atoms with Gasteiger partial charge in [0.1, 0.15) is 0 Å². The summed E-state index contributed by atoms with van der Waals surface area (Å²) in [5.74, 6) is 0. The van der Waals surface area contributed by atoms with Crippen LogP contribution in [0.15, 0.2) is 12.2 Å². The molecule has 0 radical (unpaired) electrons. The lowest BCUT2D eigenvalue weighted by Gasteiger charge is -2.27. The second-order valence-corrected chi connectivity index (χ2v) is 6.58. The molecule has 4 rings (SSSR count). The highest BCUT2D eigenvalue weighted by Gasteiger charge is 2.71. The minimum Gasteiger partial charge on any atom is -0.353 e. The molecule has 2 nitrogen and oxygen atoms in total. The smallest absolute Gasteiger partial charge is 0.157 e. The van der Waals surface area contributed by atoms with E-state index in [0.717, 1.165) is 13.0 Å². The van der Waals surface area contributed by atoms with Crippen molar-refractivity contribution in [3.63, 3.8) is 0 Å². The highest BCUT2D eigenvalue weighted by atomic mass is 16.7. The third-order valence-electron chi connectivity index (χ3n) is 5.58. The molecule has 1 heterocycles. The van der Waals surface area contributed by atoms with Gasteiger partial charge in [-0.05, 0) is 62.2 Å². The normalized spacial score (nSPS) is 52.0. The van der Waals surface area contributed by atoms with Crippen molar-refractivity contribution in [1.82, 2.24) is 0 Å². The van der Waals surface area contributed by atoms with Gasteiger partial charge in [-0.25, -0.2) is 0 Å².